The Bertz CT molecular complexity index is 355. The molecule has 0 aliphatic heterocycles. The molecular formula is C13H21NOSi. The van der Waals surface area contributed by atoms with Crippen LogP contribution in [0.4, 0.5) is 0 Å². The van der Waals surface area contributed by atoms with E-state index in [9.17, 15) is 5.26 Å². The molecule has 0 unspecified atom stereocenters. The molecule has 0 N–H and O–H groups in total. The minimum Gasteiger partial charge on any atom is -0.398 e. The summed E-state index contributed by atoms with van der Waals surface area (Å²) < 4.78 is 6.10. The van der Waals surface area contributed by atoms with Crippen molar-refractivity contribution in [2.45, 2.75) is 51.4 Å². The fourth-order valence-electron chi connectivity index (χ4n) is 1.31. The van der Waals surface area contributed by atoms with Gasteiger partial charge in [-0.25, -0.2) is 0 Å². The molecule has 0 aromatic carbocycles. The van der Waals surface area contributed by atoms with Gasteiger partial charge in [-0.2, -0.15) is 5.26 Å². The zero-order valence-electron chi connectivity index (χ0n) is 10.9. The topological polar surface area (TPSA) is 33.0 Å². The van der Waals surface area contributed by atoms with Crippen LogP contribution in [0.2, 0.25) is 18.1 Å². The molecular weight excluding hydrogens is 214 g/mol. The Morgan fingerprint density at radius 1 is 1.44 bits per heavy atom. The van der Waals surface area contributed by atoms with Crippen LogP contribution in [0.5, 0.6) is 0 Å². The van der Waals surface area contributed by atoms with E-state index in [1.54, 1.807) is 0 Å². The van der Waals surface area contributed by atoms with Crippen LogP contribution in [0.25, 0.3) is 0 Å². The maximum absolute atomic E-state index is 9.19. The van der Waals surface area contributed by atoms with Crippen molar-refractivity contribution in [3.8, 4) is 6.07 Å². The van der Waals surface area contributed by atoms with E-state index in [4.69, 9.17) is 4.43 Å². The molecule has 2 nitrogen and oxygen atoms in total. The highest BCUT2D eigenvalue weighted by Crippen LogP contribution is 2.38. The van der Waals surface area contributed by atoms with Gasteiger partial charge in [0.1, 0.15) is 0 Å². The van der Waals surface area contributed by atoms with Crippen LogP contribution >= 0.6 is 0 Å². The van der Waals surface area contributed by atoms with Gasteiger partial charge in [-0.3, -0.25) is 0 Å². The average Bonchev–Trinajstić information content (AvgIpc) is 2.65. The Morgan fingerprint density at radius 2 is 2.06 bits per heavy atom. The number of nitrogens with zero attached hydrogens (tertiary/aromatic N) is 1. The monoisotopic (exact) mass is 235 g/mol. The summed E-state index contributed by atoms with van der Waals surface area (Å²) in [4.78, 5) is 0. The molecule has 0 saturated carbocycles. The summed E-state index contributed by atoms with van der Waals surface area (Å²) in [5.74, 6) is 0. The SMILES string of the molecule is CC(C)(C)[Si](C)(C)O[C@@H](C#N)C1=CC=CC1. The molecule has 1 rings (SSSR count). The lowest BCUT2D eigenvalue weighted by atomic mass is 10.1. The van der Waals surface area contributed by atoms with Crippen LogP contribution < -0.4 is 0 Å². The minimum absolute atomic E-state index is 0.148. The summed E-state index contributed by atoms with van der Waals surface area (Å²) in [6, 6.07) is 2.28. The Morgan fingerprint density at radius 3 is 2.44 bits per heavy atom. The number of nitriles is 1. The standard InChI is InChI=1S/C13H21NOSi/c1-13(2,3)16(4,5)15-12(10-14)11-8-6-7-9-11/h6-8,12H,9H2,1-5H3/t12-/m0/s1. The molecule has 0 spiro atoms. The fourth-order valence-corrected chi connectivity index (χ4v) is 2.46. The molecule has 0 aromatic rings. The van der Waals surface area contributed by atoms with E-state index in [-0.39, 0.29) is 11.1 Å². The van der Waals surface area contributed by atoms with Crippen molar-refractivity contribution in [2.24, 2.45) is 0 Å². The maximum Gasteiger partial charge on any atom is 0.194 e. The second-order valence-electron chi connectivity index (χ2n) is 5.76. The van der Waals surface area contributed by atoms with Gasteiger partial charge >= 0.3 is 0 Å². The van der Waals surface area contributed by atoms with Crippen molar-refractivity contribution >= 4 is 8.32 Å². The zero-order valence-corrected chi connectivity index (χ0v) is 11.9. The first-order valence-corrected chi connectivity index (χ1v) is 8.62. The summed E-state index contributed by atoms with van der Waals surface area (Å²) in [5.41, 5.74) is 1.09. The Labute approximate surface area is 99.7 Å². The first-order chi connectivity index (χ1) is 7.28. The molecule has 0 heterocycles. The Balaban J connectivity index is 2.75. The van der Waals surface area contributed by atoms with E-state index in [2.05, 4.69) is 46.0 Å². The van der Waals surface area contributed by atoms with E-state index >= 15 is 0 Å². The van der Waals surface area contributed by atoms with Crippen molar-refractivity contribution in [1.29, 1.82) is 5.26 Å². The van der Waals surface area contributed by atoms with Gasteiger partial charge in [-0.15, -0.1) is 0 Å². The molecule has 0 radical (unpaired) electrons. The van der Waals surface area contributed by atoms with Crippen LogP contribution in [0.1, 0.15) is 27.2 Å². The summed E-state index contributed by atoms with van der Waals surface area (Å²) in [6.07, 6.45) is 6.55. The number of allylic oxidation sites excluding steroid dienone is 3. The third-order valence-corrected chi connectivity index (χ3v) is 7.91. The Kier molecular flexibility index (Phi) is 3.77. The zero-order chi connectivity index (χ0) is 12.4. The molecule has 88 valence electrons. The van der Waals surface area contributed by atoms with Crippen molar-refractivity contribution < 1.29 is 4.43 Å². The lowest BCUT2D eigenvalue weighted by molar-refractivity contribution is 0.261. The third kappa shape index (κ3) is 2.84. The highest BCUT2D eigenvalue weighted by atomic mass is 28.4. The second kappa shape index (κ2) is 4.56. The highest BCUT2D eigenvalue weighted by Gasteiger charge is 2.39. The smallest absolute Gasteiger partial charge is 0.194 e. The van der Waals surface area contributed by atoms with E-state index < -0.39 is 8.32 Å². The van der Waals surface area contributed by atoms with Gasteiger partial charge in [-0.1, -0.05) is 39.0 Å². The molecule has 16 heavy (non-hydrogen) atoms. The van der Waals surface area contributed by atoms with Crippen LogP contribution in [0.3, 0.4) is 0 Å². The molecule has 0 aromatic heterocycles. The van der Waals surface area contributed by atoms with Gasteiger partial charge in [0.2, 0.25) is 0 Å². The van der Waals surface area contributed by atoms with Crippen molar-refractivity contribution in [1.82, 2.24) is 0 Å². The fraction of sp³-hybridized carbons (Fsp3) is 0.615. The molecule has 0 amide bonds. The number of rotatable bonds is 3. The Hall–Kier alpha value is -0.853. The van der Waals surface area contributed by atoms with Gasteiger partial charge in [-0.05, 0) is 30.1 Å². The molecule has 3 heteroatoms. The normalized spacial score (nSPS) is 18.1. The molecule has 1 aliphatic rings. The van der Waals surface area contributed by atoms with E-state index in [1.807, 2.05) is 12.2 Å². The van der Waals surface area contributed by atoms with Gasteiger partial charge < -0.3 is 4.43 Å². The molecule has 1 aliphatic carbocycles. The minimum atomic E-state index is -1.85. The second-order valence-corrected chi connectivity index (χ2v) is 10.5. The predicted octanol–water partition coefficient (Wildman–Crippen LogP) is 3.79. The molecule has 0 fully saturated rings. The quantitative estimate of drug-likeness (QED) is 0.697. The summed E-state index contributed by atoms with van der Waals surface area (Å²) >= 11 is 0. The van der Waals surface area contributed by atoms with E-state index in [1.165, 1.54) is 0 Å². The largest absolute Gasteiger partial charge is 0.398 e. The van der Waals surface area contributed by atoms with Gasteiger partial charge in [0.05, 0.1) is 6.07 Å². The number of hydrogen-bond acceptors (Lipinski definition) is 2. The van der Waals surface area contributed by atoms with Crippen molar-refractivity contribution in [3.05, 3.63) is 23.8 Å². The van der Waals surface area contributed by atoms with E-state index in [0.29, 0.717) is 0 Å². The average molecular weight is 235 g/mol. The summed E-state index contributed by atoms with van der Waals surface area (Å²) in [6.45, 7) is 10.9. The van der Waals surface area contributed by atoms with Gasteiger partial charge in [0.15, 0.2) is 14.4 Å². The maximum atomic E-state index is 9.19. The number of hydrogen-bond donors (Lipinski definition) is 0. The van der Waals surface area contributed by atoms with Crippen molar-refractivity contribution in [2.75, 3.05) is 0 Å². The van der Waals surface area contributed by atoms with Gasteiger partial charge in [0.25, 0.3) is 0 Å². The first-order valence-electron chi connectivity index (χ1n) is 5.71. The highest BCUT2D eigenvalue weighted by molar-refractivity contribution is 6.74. The molecule has 0 bridgehead atoms. The van der Waals surface area contributed by atoms with Gasteiger partial charge in [0, 0.05) is 0 Å². The third-order valence-electron chi connectivity index (χ3n) is 3.47. The van der Waals surface area contributed by atoms with Crippen LogP contribution in [0, 0.1) is 11.3 Å². The van der Waals surface area contributed by atoms with E-state index in [0.717, 1.165) is 12.0 Å². The predicted molar refractivity (Wildman–Crippen MR) is 69.5 cm³/mol. The molecule has 0 saturated heterocycles. The lowest BCUT2D eigenvalue weighted by Gasteiger charge is -2.37. The summed E-state index contributed by atoms with van der Waals surface area (Å²) in [5, 5.41) is 9.34. The van der Waals surface area contributed by atoms with Crippen LogP contribution in [0.15, 0.2) is 23.8 Å². The lowest BCUT2D eigenvalue weighted by Crippen LogP contribution is -2.44. The van der Waals surface area contributed by atoms with Crippen LogP contribution in [-0.4, -0.2) is 14.4 Å². The summed E-state index contributed by atoms with van der Waals surface area (Å²) in [7, 11) is -1.85. The first kappa shape index (κ1) is 13.2. The van der Waals surface area contributed by atoms with Crippen molar-refractivity contribution in [3.63, 3.8) is 0 Å². The molecule has 1 atom stereocenters. The van der Waals surface area contributed by atoms with Crippen LogP contribution in [-0.2, 0) is 4.43 Å².